The maximum absolute atomic E-state index is 5.82. The zero-order valence-corrected chi connectivity index (χ0v) is 12.7. The van der Waals surface area contributed by atoms with Crippen LogP contribution in [0, 0.1) is 0 Å². The van der Waals surface area contributed by atoms with Crippen LogP contribution in [0.4, 0.5) is 0 Å². The Kier molecular flexibility index (Phi) is 5.37. The highest BCUT2D eigenvalue weighted by atomic mass is 35.5. The number of benzene rings is 2. The second-order valence-corrected chi connectivity index (χ2v) is 5.06. The van der Waals surface area contributed by atoms with E-state index in [1.807, 2.05) is 24.3 Å². The van der Waals surface area contributed by atoms with Gasteiger partial charge in [-0.3, -0.25) is 0 Å². The monoisotopic (exact) mass is 317 g/mol. The molecule has 0 aliphatic heterocycles. The topological polar surface area (TPSA) is 18.5 Å². The first-order valence-electron chi connectivity index (χ1n) is 6.11. The zero-order valence-electron chi connectivity index (χ0n) is 11.2. The van der Waals surface area contributed by atoms with Gasteiger partial charge in [-0.15, -0.1) is 0 Å². The average molecular weight is 318 g/mol. The van der Waals surface area contributed by atoms with E-state index in [1.165, 1.54) is 7.69 Å². The number of rotatable bonds is 6. The molecule has 0 aliphatic rings. The van der Waals surface area contributed by atoms with Crippen LogP contribution in [0.1, 0.15) is 11.1 Å². The molecule has 0 atom stereocenters. The molecule has 0 aromatic heterocycles. The molecular weight excluding hydrogens is 306 g/mol. The van der Waals surface area contributed by atoms with Crippen LogP contribution in [0.5, 0.6) is 0 Å². The smallest absolute Gasteiger partial charge is 0.526 e. The predicted molar refractivity (Wildman–Crippen MR) is 88.9 cm³/mol. The van der Waals surface area contributed by atoms with Crippen LogP contribution < -0.4 is 0 Å². The number of hydrogen-bond donors (Lipinski definition) is 0. The maximum Gasteiger partial charge on any atom is 0.658 e. The zero-order chi connectivity index (χ0) is 15.2. The minimum absolute atomic E-state index is 0.454. The lowest BCUT2D eigenvalue weighted by atomic mass is 10.2. The Morgan fingerprint density at radius 3 is 1.38 bits per heavy atom. The molecule has 0 aliphatic carbocycles. The van der Waals surface area contributed by atoms with E-state index in [4.69, 9.17) is 32.5 Å². The quantitative estimate of drug-likeness (QED) is 0.538. The van der Waals surface area contributed by atoms with Crippen molar-refractivity contribution >= 4 is 42.4 Å². The highest BCUT2D eigenvalue weighted by molar-refractivity contribution is 6.31. The fourth-order valence-electron chi connectivity index (χ4n) is 1.55. The van der Waals surface area contributed by atoms with Crippen molar-refractivity contribution in [1.29, 1.82) is 0 Å². The second kappa shape index (κ2) is 7.25. The lowest BCUT2D eigenvalue weighted by Crippen LogP contribution is -2.03. The van der Waals surface area contributed by atoms with Crippen LogP contribution in [-0.2, 0) is 9.31 Å². The van der Waals surface area contributed by atoms with Crippen molar-refractivity contribution in [1.82, 2.24) is 0 Å². The summed E-state index contributed by atoms with van der Waals surface area (Å²) in [7, 11) is 1.19. The van der Waals surface area contributed by atoms with Gasteiger partial charge in [0.1, 0.15) is 11.5 Å². The Morgan fingerprint density at radius 1 is 0.714 bits per heavy atom. The standard InChI is InChI=1S/C16H12BCl2O2/c1-11(13-3-7-15(18)8-4-13)20-17-21-12(2)14-5-9-16(19)10-6-14/h3-10H,1-2H2. The maximum atomic E-state index is 5.82. The van der Waals surface area contributed by atoms with Gasteiger partial charge in [0.15, 0.2) is 0 Å². The van der Waals surface area contributed by atoms with Crippen LogP contribution in [0.3, 0.4) is 0 Å². The molecule has 0 amide bonds. The Labute approximate surface area is 134 Å². The van der Waals surface area contributed by atoms with Gasteiger partial charge in [0.25, 0.3) is 0 Å². The lowest BCUT2D eigenvalue weighted by molar-refractivity contribution is 0.413. The van der Waals surface area contributed by atoms with Crippen molar-refractivity contribution < 1.29 is 9.31 Å². The molecule has 2 nitrogen and oxygen atoms in total. The highest BCUT2D eigenvalue weighted by Crippen LogP contribution is 2.19. The van der Waals surface area contributed by atoms with Gasteiger partial charge >= 0.3 is 7.69 Å². The molecule has 105 valence electrons. The van der Waals surface area contributed by atoms with Crippen LogP contribution >= 0.6 is 23.2 Å². The molecule has 1 radical (unpaired) electrons. The molecule has 0 saturated heterocycles. The van der Waals surface area contributed by atoms with Crippen LogP contribution in [0.15, 0.2) is 61.7 Å². The molecule has 0 unspecified atom stereocenters. The van der Waals surface area contributed by atoms with E-state index in [0.29, 0.717) is 21.6 Å². The van der Waals surface area contributed by atoms with Crippen molar-refractivity contribution in [2.75, 3.05) is 0 Å². The van der Waals surface area contributed by atoms with Gasteiger partial charge in [-0.25, -0.2) is 0 Å². The first-order valence-corrected chi connectivity index (χ1v) is 6.86. The minimum Gasteiger partial charge on any atom is -0.526 e. The third-order valence-electron chi connectivity index (χ3n) is 2.71. The molecule has 2 rings (SSSR count). The molecule has 0 bridgehead atoms. The Balaban J connectivity index is 1.83. The van der Waals surface area contributed by atoms with E-state index >= 15 is 0 Å². The summed E-state index contributed by atoms with van der Waals surface area (Å²) in [5.41, 5.74) is 1.63. The van der Waals surface area contributed by atoms with Crippen LogP contribution in [0.2, 0.25) is 10.0 Å². The molecule has 0 fully saturated rings. The normalized spacial score (nSPS) is 9.81. The van der Waals surface area contributed by atoms with Crippen LogP contribution in [-0.4, -0.2) is 7.69 Å². The van der Waals surface area contributed by atoms with Gasteiger partial charge in [-0.1, -0.05) is 36.4 Å². The predicted octanol–water partition coefficient (Wildman–Crippen LogP) is 5.20. The largest absolute Gasteiger partial charge is 0.658 e. The Hall–Kier alpha value is -1.84. The van der Waals surface area contributed by atoms with E-state index in [1.54, 1.807) is 24.3 Å². The summed E-state index contributed by atoms with van der Waals surface area (Å²) in [6.07, 6.45) is 0. The summed E-state index contributed by atoms with van der Waals surface area (Å²) in [4.78, 5) is 0. The summed E-state index contributed by atoms with van der Waals surface area (Å²) in [6, 6.07) is 14.3. The second-order valence-electron chi connectivity index (χ2n) is 4.19. The van der Waals surface area contributed by atoms with E-state index in [-0.39, 0.29) is 0 Å². The van der Waals surface area contributed by atoms with E-state index in [0.717, 1.165) is 11.1 Å². The van der Waals surface area contributed by atoms with Gasteiger partial charge in [-0.05, 0) is 48.5 Å². The van der Waals surface area contributed by atoms with Crippen molar-refractivity contribution in [3.63, 3.8) is 0 Å². The third kappa shape index (κ3) is 4.59. The molecule has 2 aromatic carbocycles. The molecule has 5 heteroatoms. The molecule has 0 N–H and O–H groups in total. The molecule has 21 heavy (non-hydrogen) atoms. The van der Waals surface area contributed by atoms with Gasteiger partial charge in [0.05, 0.1) is 0 Å². The minimum atomic E-state index is 0.454. The SMILES string of the molecule is C=C(O[B]OC(=C)c1ccc(Cl)cc1)c1ccc(Cl)cc1. The summed E-state index contributed by atoms with van der Waals surface area (Å²) < 4.78 is 10.6. The number of halogens is 2. The molecule has 0 saturated carbocycles. The van der Waals surface area contributed by atoms with Crippen molar-refractivity contribution in [2.24, 2.45) is 0 Å². The average Bonchev–Trinajstić information content (AvgIpc) is 2.48. The first-order chi connectivity index (χ1) is 10.1. The van der Waals surface area contributed by atoms with E-state index in [2.05, 4.69) is 13.2 Å². The fourth-order valence-corrected chi connectivity index (χ4v) is 1.80. The van der Waals surface area contributed by atoms with Crippen LogP contribution in [0.25, 0.3) is 11.5 Å². The Morgan fingerprint density at radius 2 is 1.05 bits per heavy atom. The van der Waals surface area contributed by atoms with Gasteiger partial charge in [0.2, 0.25) is 0 Å². The van der Waals surface area contributed by atoms with Gasteiger partial charge in [0, 0.05) is 21.2 Å². The summed E-state index contributed by atoms with van der Waals surface area (Å²) >= 11 is 11.6. The van der Waals surface area contributed by atoms with Crippen molar-refractivity contribution in [3.05, 3.63) is 82.9 Å². The lowest BCUT2D eigenvalue weighted by Gasteiger charge is -2.11. The summed E-state index contributed by atoms with van der Waals surface area (Å²) in [6.45, 7) is 7.62. The molecule has 0 heterocycles. The summed E-state index contributed by atoms with van der Waals surface area (Å²) in [5, 5.41) is 1.31. The van der Waals surface area contributed by atoms with Gasteiger partial charge < -0.3 is 9.31 Å². The highest BCUT2D eigenvalue weighted by Gasteiger charge is 2.07. The molecular formula is C16H12BCl2O2. The number of hydrogen-bond acceptors (Lipinski definition) is 2. The summed E-state index contributed by atoms with van der Waals surface area (Å²) in [5.74, 6) is 0.908. The first kappa shape index (κ1) is 15.6. The van der Waals surface area contributed by atoms with Gasteiger partial charge in [-0.2, -0.15) is 0 Å². The fraction of sp³-hybridized carbons (Fsp3) is 0. The van der Waals surface area contributed by atoms with E-state index < -0.39 is 0 Å². The van der Waals surface area contributed by atoms with Crippen molar-refractivity contribution in [2.45, 2.75) is 0 Å². The Bertz CT molecular complexity index is 579. The third-order valence-corrected chi connectivity index (χ3v) is 3.22. The molecule has 2 aromatic rings. The van der Waals surface area contributed by atoms with E-state index in [9.17, 15) is 0 Å². The molecule has 0 spiro atoms. The van der Waals surface area contributed by atoms with Crippen molar-refractivity contribution in [3.8, 4) is 0 Å².